The molecule has 3 rings (SSSR count). The van der Waals surface area contributed by atoms with E-state index in [1.54, 1.807) is 18.3 Å². The van der Waals surface area contributed by atoms with Crippen LogP contribution in [0.25, 0.3) is 10.8 Å². The molecule has 1 heterocycles. The SMILES string of the molecule is COC(=O)C(NC(=O)c1ccc[nH]1)c1ccc2ccccc2c1. The van der Waals surface area contributed by atoms with E-state index in [0.29, 0.717) is 11.3 Å². The number of hydrogen-bond donors (Lipinski definition) is 2. The predicted octanol–water partition coefficient (Wildman–Crippen LogP) is 2.81. The number of carbonyl (C=O) groups is 2. The Balaban J connectivity index is 1.94. The van der Waals surface area contributed by atoms with Gasteiger partial charge in [-0.15, -0.1) is 0 Å². The van der Waals surface area contributed by atoms with Crippen LogP contribution in [0.15, 0.2) is 60.8 Å². The number of methoxy groups -OCH3 is 1. The number of nitrogens with one attached hydrogen (secondary N) is 2. The number of amides is 1. The van der Waals surface area contributed by atoms with Crippen molar-refractivity contribution in [2.75, 3.05) is 7.11 Å². The van der Waals surface area contributed by atoms with Gasteiger partial charge < -0.3 is 15.0 Å². The number of benzene rings is 2. The van der Waals surface area contributed by atoms with Crippen molar-refractivity contribution < 1.29 is 14.3 Å². The smallest absolute Gasteiger partial charge is 0.333 e. The highest BCUT2D eigenvalue weighted by Gasteiger charge is 2.24. The molecule has 3 aromatic rings. The van der Waals surface area contributed by atoms with E-state index in [2.05, 4.69) is 10.3 Å². The van der Waals surface area contributed by atoms with Gasteiger partial charge in [0, 0.05) is 6.20 Å². The summed E-state index contributed by atoms with van der Waals surface area (Å²) in [6.45, 7) is 0. The summed E-state index contributed by atoms with van der Waals surface area (Å²) < 4.78 is 4.83. The normalized spacial score (nSPS) is 11.9. The third-order valence-corrected chi connectivity index (χ3v) is 3.66. The van der Waals surface area contributed by atoms with Crippen molar-refractivity contribution in [1.82, 2.24) is 10.3 Å². The van der Waals surface area contributed by atoms with Gasteiger partial charge in [-0.1, -0.05) is 36.4 Å². The molecule has 5 heteroatoms. The summed E-state index contributed by atoms with van der Waals surface area (Å²) in [4.78, 5) is 27.1. The van der Waals surface area contributed by atoms with Crippen LogP contribution in [0.2, 0.25) is 0 Å². The highest BCUT2D eigenvalue weighted by molar-refractivity contribution is 5.96. The first kappa shape index (κ1) is 14.8. The molecule has 1 amide bonds. The van der Waals surface area contributed by atoms with Crippen molar-refractivity contribution >= 4 is 22.6 Å². The molecule has 0 aliphatic heterocycles. The van der Waals surface area contributed by atoms with Gasteiger partial charge in [0.25, 0.3) is 5.91 Å². The molecule has 0 aliphatic carbocycles. The molecule has 116 valence electrons. The van der Waals surface area contributed by atoms with Gasteiger partial charge in [0.1, 0.15) is 5.69 Å². The quantitative estimate of drug-likeness (QED) is 0.728. The van der Waals surface area contributed by atoms with E-state index in [1.165, 1.54) is 7.11 Å². The van der Waals surface area contributed by atoms with Crippen LogP contribution in [0.1, 0.15) is 22.1 Å². The first-order valence-corrected chi connectivity index (χ1v) is 7.20. The van der Waals surface area contributed by atoms with E-state index in [-0.39, 0.29) is 5.91 Å². The number of aromatic nitrogens is 1. The summed E-state index contributed by atoms with van der Waals surface area (Å²) in [5.41, 5.74) is 1.06. The molecule has 23 heavy (non-hydrogen) atoms. The molecule has 0 saturated carbocycles. The lowest BCUT2D eigenvalue weighted by Gasteiger charge is -2.17. The molecular formula is C18H16N2O3. The van der Waals surface area contributed by atoms with Crippen LogP contribution in [0, 0.1) is 0 Å². The Morgan fingerprint density at radius 3 is 2.52 bits per heavy atom. The average Bonchev–Trinajstić information content (AvgIpc) is 3.13. The van der Waals surface area contributed by atoms with Gasteiger partial charge in [0.15, 0.2) is 6.04 Å². The molecule has 1 atom stereocenters. The van der Waals surface area contributed by atoms with Gasteiger partial charge in [-0.05, 0) is 34.5 Å². The topological polar surface area (TPSA) is 71.2 Å². The number of esters is 1. The molecule has 5 nitrogen and oxygen atoms in total. The summed E-state index contributed by atoms with van der Waals surface area (Å²) in [5.74, 6) is -0.876. The molecule has 1 aromatic heterocycles. The third kappa shape index (κ3) is 3.08. The number of aromatic amines is 1. The third-order valence-electron chi connectivity index (χ3n) is 3.66. The monoisotopic (exact) mass is 308 g/mol. The van der Waals surface area contributed by atoms with E-state index in [1.807, 2.05) is 42.5 Å². The largest absolute Gasteiger partial charge is 0.467 e. The zero-order valence-corrected chi connectivity index (χ0v) is 12.6. The maximum atomic E-state index is 12.2. The first-order chi connectivity index (χ1) is 11.2. The van der Waals surface area contributed by atoms with Gasteiger partial charge in [0.2, 0.25) is 0 Å². The van der Waals surface area contributed by atoms with Crippen molar-refractivity contribution in [2.45, 2.75) is 6.04 Å². The summed E-state index contributed by atoms with van der Waals surface area (Å²) in [6.07, 6.45) is 1.65. The van der Waals surface area contributed by atoms with Gasteiger partial charge in [0.05, 0.1) is 7.11 Å². The number of carbonyl (C=O) groups excluding carboxylic acids is 2. The molecule has 1 unspecified atom stereocenters. The van der Waals surface area contributed by atoms with Crippen LogP contribution in [-0.2, 0) is 9.53 Å². The Labute approximate surface area is 133 Å². The lowest BCUT2D eigenvalue weighted by Crippen LogP contribution is -2.34. The lowest BCUT2D eigenvalue weighted by molar-refractivity contribution is -0.143. The van der Waals surface area contributed by atoms with E-state index in [0.717, 1.165) is 10.8 Å². The van der Waals surface area contributed by atoms with Crippen LogP contribution in [-0.4, -0.2) is 24.0 Å². The molecule has 0 fully saturated rings. The summed E-state index contributed by atoms with van der Waals surface area (Å²) in [7, 11) is 1.30. The van der Waals surface area contributed by atoms with Crippen LogP contribution >= 0.6 is 0 Å². The van der Waals surface area contributed by atoms with Crippen molar-refractivity contribution in [1.29, 1.82) is 0 Å². The van der Waals surface area contributed by atoms with Crippen molar-refractivity contribution in [3.63, 3.8) is 0 Å². The average molecular weight is 308 g/mol. The van der Waals surface area contributed by atoms with Gasteiger partial charge in [-0.25, -0.2) is 4.79 Å². The standard InChI is InChI=1S/C18H16N2O3/c1-23-18(22)16(20-17(21)15-7-4-10-19-15)14-9-8-12-5-2-3-6-13(12)11-14/h2-11,16,19H,1H3,(H,20,21). The van der Waals surface area contributed by atoms with E-state index in [4.69, 9.17) is 4.74 Å². The number of rotatable bonds is 4. The zero-order chi connectivity index (χ0) is 16.2. The second-order valence-electron chi connectivity index (χ2n) is 5.12. The summed E-state index contributed by atoms with van der Waals surface area (Å²) in [6, 6.07) is 15.9. The highest BCUT2D eigenvalue weighted by Crippen LogP contribution is 2.21. The van der Waals surface area contributed by atoms with Crippen LogP contribution in [0.5, 0.6) is 0 Å². The van der Waals surface area contributed by atoms with E-state index in [9.17, 15) is 9.59 Å². The number of H-pyrrole nitrogens is 1. The van der Waals surface area contributed by atoms with Crippen molar-refractivity contribution in [3.8, 4) is 0 Å². The van der Waals surface area contributed by atoms with E-state index < -0.39 is 12.0 Å². The molecule has 0 aliphatic rings. The second-order valence-corrected chi connectivity index (χ2v) is 5.12. The second kappa shape index (κ2) is 6.36. The Morgan fingerprint density at radius 2 is 1.83 bits per heavy atom. The predicted molar refractivity (Wildman–Crippen MR) is 87.0 cm³/mol. The number of ether oxygens (including phenoxy) is 1. The highest BCUT2D eigenvalue weighted by atomic mass is 16.5. The maximum absolute atomic E-state index is 12.2. The van der Waals surface area contributed by atoms with E-state index >= 15 is 0 Å². The summed E-state index contributed by atoms with van der Waals surface area (Å²) >= 11 is 0. The minimum absolute atomic E-state index is 0.362. The molecule has 0 radical (unpaired) electrons. The van der Waals surface area contributed by atoms with Crippen LogP contribution < -0.4 is 5.32 Å². The van der Waals surface area contributed by atoms with Gasteiger partial charge >= 0.3 is 5.97 Å². The molecule has 0 spiro atoms. The molecular weight excluding hydrogens is 292 g/mol. The lowest BCUT2D eigenvalue weighted by atomic mass is 10.0. The molecule has 2 aromatic carbocycles. The van der Waals surface area contributed by atoms with Crippen molar-refractivity contribution in [3.05, 3.63) is 72.1 Å². The Morgan fingerprint density at radius 1 is 1.04 bits per heavy atom. The Kier molecular flexibility index (Phi) is 4.10. The van der Waals surface area contributed by atoms with Gasteiger partial charge in [-0.2, -0.15) is 0 Å². The van der Waals surface area contributed by atoms with Crippen LogP contribution in [0.4, 0.5) is 0 Å². The maximum Gasteiger partial charge on any atom is 0.333 e. The molecule has 0 saturated heterocycles. The Bertz CT molecular complexity index is 840. The minimum Gasteiger partial charge on any atom is -0.467 e. The van der Waals surface area contributed by atoms with Crippen molar-refractivity contribution in [2.24, 2.45) is 0 Å². The number of hydrogen-bond acceptors (Lipinski definition) is 3. The minimum atomic E-state index is -0.861. The first-order valence-electron chi connectivity index (χ1n) is 7.20. The summed E-state index contributed by atoms with van der Waals surface area (Å²) in [5, 5.41) is 4.77. The van der Waals surface area contributed by atoms with Gasteiger partial charge in [-0.3, -0.25) is 4.79 Å². The fourth-order valence-electron chi connectivity index (χ4n) is 2.46. The van der Waals surface area contributed by atoms with Crippen LogP contribution in [0.3, 0.4) is 0 Å². The molecule has 0 bridgehead atoms. The zero-order valence-electron chi connectivity index (χ0n) is 12.6. The number of fused-ring (bicyclic) bond motifs is 1. The fourth-order valence-corrected chi connectivity index (χ4v) is 2.46. The Hall–Kier alpha value is -3.08. The molecule has 2 N–H and O–H groups in total. The fraction of sp³-hybridized carbons (Fsp3) is 0.111.